The molecule has 0 spiro atoms. The second-order valence-corrected chi connectivity index (χ2v) is 7.12. The van der Waals surface area contributed by atoms with E-state index in [0.29, 0.717) is 0 Å². The number of benzene rings is 2. The van der Waals surface area contributed by atoms with E-state index in [-0.39, 0.29) is 12.0 Å². The van der Waals surface area contributed by atoms with Gasteiger partial charge in [0.2, 0.25) is 0 Å². The topological polar surface area (TPSA) is 36.0 Å². The number of aromatic nitrogens is 1. The standard InChI is InChI=1S/C19H18BrNO/c1-11-2-4-12(5-3-11)18-17(22)9-7-14-15-10-13(20)6-8-16(15)21-19(14)18/h2-6,8,10,17-18,21-22H,7,9H2,1H3. The molecule has 0 saturated heterocycles. The SMILES string of the molecule is Cc1ccc(C2c3[nH]c4ccc(Br)cc4c3CCC2O)cc1. The van der Waals surface area contributed by atoms with E-state index in [9.17, 15) is 5.11 Å². The first-order valence-electron chi connectivity index (χ1n) is 7.68. The lowest BCUT2D eigenvalue weighted by molar-refractivity contribution is 0.138. The fraction of sp³-hybridized carbons (Fsp3) is 0.263. The largest absolute Gasteiger partial charge is 0.392 e. The predicted molar refractivity (Wildman–Crippen MR) is 93.3 cm³/mol. The number of aliphatic hydroxyl groups excluding tert-OH is 1. The summed E-state index contributed by atoms with van der Waals surface area (Å²) in [5, 5.41) is 11.9. The van der Waals surface area contributed by atoms with Crippen LogP contribution in [0.4, 0.5) is 0 Å². The third-order valence-corrected chi connectivity index (χ3v) is 5.22. The Hall–Kier alpha value is -1.58. The number of hydrogen-bond donors (Lipinski definition) is 2. The molecule has 2 unspecified atom stereocenters. The molecule has 2 nitrogen and oxygen atoms in total. The van der Waals surface area contributed by atoms with Crippen LogP contribution in [0.2, 0.25) is 0 Å². The average Bonchev–Trinajstić information content (AvgIpc) is 2.86. The van der Waals surface area contributed by atoms with E-state index in [2.05, 4.69) is 70.3 Å². The normalized spacial score (nSPS) is 21.0. The minimum absolute atomic E-state index is 0.0375. The van der Waals surface area contributed by atoms with Gasteiger partial charge >= 0.3 is 0 Å². The third kappa shape index (κ3) is 2.20. The van der Waals surface area contributed by atoms with Crippen LogP contribution in [-0.4, -0.2) is 16.2 Å². The Balaban J connectivity index is 1.91. The molecule has 0 aliphatic heterocycles. The molecule has 1 heterocycles. The first-order chi connectivity index (χ1) is 10.6. The number of H-pyrrole nitrogens is 1. The number of nitrogens with one attached hydrogen (secondary N) is 1. The van der Waals surface area contributed by atoms with Crippen LogP contribution < -0.4 is 0 Å². The van der Waals surface area contributed by atoms with Crippen molar-refractivity contribution in [2.24, 2.45) is 0 Å². The number of aliphatic hydroxyl groups is 1. The number of fused-ring (bicyclic) bond motifs is 3. The van der Waals surface area contributed by atoms with Crippen LogP contribution >= 0.6 is 15.9 Å². The zero-order chi connectivity index (χ0) is 15.3. The van der Waals surface area contributed by atoms with Crippen molar-refractivity contribution in [2.75, 3.05) is 0 Å². The summed E-state index contributed by atoms with van der Waals surface area (Å²) in [6, 6.07) is 14.9. The Kier molecular flexibility index (Phi) is 3.35. The minimum atomic E-state index is -0.327. The Labute approximate surface area is 138 Å². The first kappa shape index (κ1) is 14.0. The van der Waals surface area contributed by atoms with Gasteiger partial charge in [-0.1, -0.05) is 45.8 Å². The van der Waals surface area contributed by atoms with Crippen molar-refractivity contribution in [2.45, 2.75) is 31.8 Å². The molecule has 0 fully saturated rings. The van der Waals surface area contributed by atoms with Gasteiger partial charge in [-0.15, -0.1) is 0 Å². The van der Waals surface area contributed by atoms with Crippen LogP contribution in [0.3, 0.4) is 0 Å². The highest BCUT2D eigenvalue weighted by Crippen LogP contribution is 2.40. The fourth-order valence-electron chi connectivity index (χ4n) is 3.59. The van der Waals surface area contributed by atoms with Gasteiger partial charge < -0.3 is 10.1 Å². The van der Waals surface area contributed by atoms with Gasteiger partial charge in [0.05, 0.1) is 12.0 Å². The molecule has 1 aromatic heterocycles. The molecule has 0 saturated carbocycles. The van der Waals surface area contributed by atoms with Gasteiger partial charge in [0, 0.05) is 21.1 Å². The van der Waals surface area contributed by atoms with Crippen LogP contribution in [-0.2, 0) is 6.42 Å². The van der Waals surface area contributed by atoms with Crippen LogP contribution in [0.25, 0.3) is 10.9 Å². The highest BCUT2D eigenvalue weighted by Gasteiger charge is 2.32. The predicted octanol–water partition coefficient (Wildman–Crippen LogP) is 4.68. The molecule has 112 valence electrons. The van der Waals surface area contributed by atoms with Crippen molar-refractivity contribution in [1.29, 1.82) is 0 Å². The van der Waals surface area contributed by atoms with E-state index in [4.69, 9.17) is 0 Å². The zero-order valence-corrected chi connectivity index (χ0v) is 14.0. The van der Waals surface area contributed by atoms with Gasteiger partial charge in [-0.25, -0.2) is 0 Å². The van der Waals surface area contributed by atoms with Gasteiger partial charge in [-0.2, -0.15) is 0 Å². The van der Waals surface area contributed by atoms with Crippen molar-refractivity contribution in [3.05, 3.63) is 69.3 Å². The number of aromatic amines is 1. The van der Waals surface area contributed by atoms with Gasteiger partial charge in [0.25, 0.3) is 0 Å². The smallest absolute Gasteiger partial charge is 0.0667 e. The Bertz CT molecular complexity index is 835. The molecule has 1 aliphatic carbocycles. The molecule has 3 aromatic rings. The van der Waals surface area contributed by atoms with Crippen LogP contribution in [0.1, 0.15) is 34.7 Å². The van der Waals surface area contributed by atoms with Crippen molar-refractivity contribution in [3.8, 4) is 0 Å². The summed E-state index contributed by atoms with van der Waals surface area (Å²) in [6.45, 7) is 2.09. The summed E-state index contributed by atoms with van der Waals surface area (Å²) in [6.07, 6.45) is 1.41. The maximum Gasteiger partial charge on any atom is 0.0667 e. The molecule has 2 N–H and O–H groups in total. The Morgan fingerprint density at radius 2 is 1.91 bits per heavy atom. The monoisotopic (exact) mass is 355 g/mol. The highest BCUT2D eigenvalue weighted by atomic mass is 79.9. The Morgan fingerprint density at radius 1 is 1.14 bits per heavy atom. The summed E-state index contributed by atoms with van der Waals surface area (Å²) < 4.78 is 1.10. The van der Waals surface area contributed by atoms with E-state index in [1.54, 1.807) is 0 Å². The Morgan fingerprint density at radius 3 is 2.68 bits per heavy atom. The second kappa shape index (κ2) is 5.25. The molecule has 22 heavy (non-hydrogen) atoms. The quantitative estimate of drug-likeness (QED) is 0.653. The molecule has 2 atom stereocenters. The van der Waals surface area contributed by atoms with Gasteiger partial charge in [-0.05, 0) is 49.1 Å². The third-order valence-electron chi connectivity index (χ3n) is 4.72. The summed E-state index contributed by atoms with van der Waals surface area (Å²) in [4.78, 5) is 3.56. The molecule has 0 amide bonds. The molecule has 2 aromatic carbocycles. The van der Waals surface area contributed by atoms with Crippen LogP contribution in [0.5, 0.6) is 0 Å². The summed E-state index contributed by atoms with van der Waals surface area (Å²) in [5.41, 5.74) is 6.11. The highest BCUT2D eigenvalue weighted by molar-refractivity contribution is 9.10. The number of aryl methyl sites for hydroxylation is 2. The van der Waals surface area contributed by atoms with Crippen molar-refractivity contribution < 1.29 is 5.11 Å². The number of hydrogen-bond acceptors (Lipinski definition) is 1. The maximum absolute atomic E-state index is 10.6. The molecule has 0 radical (unpaired) electrons. The average molecular weight is 356 g/mol. The lowest BCUT2D eigenvalue weighted by Crippen LogP contribution is -2.26. The minimum Gasteiger partial charge on any atom is -0.392 e. The van der Waals surface area contributed by atoms with Crippen molar-refractivity contribution >= 4 is 26.8 Å². The van der Waals surface area contributed by atoms with E-state index in [1.165, 1.54) is 27.8 Å². The van der Waals surface area contributed by atoms with Crippen molar-refractivity contribution in [1.82, 2.24) is 4.98 Å². The fourth-order valence-corrected chi connectivity index (χ4v) is 3.95. The van der Waals surface area contributed by atoms with Gasteiger partial charge in [-0.3, -0.25) is 0 Å². The molecule has 1 aliphatic rings. The lowest BCUT2D eigenvalue weighted by Gasteiger charge is -2.28. The summed E-state index contributed by atoms with van der Waals surface area (Å²) in [5.74, 6) is 0.0375. The van der Waals surface area contributed by atoms with Crippen LogP contribution in [0.15, 0.2) is 46.9 Å². The molecule has 4 rings (SSSR count). The van der Waals surface area contributed by atoms with E-state index >= 15 is 0 Å². The van der Waals surface area contributed by atoms with Gasteiger partial charge in [0.15, 0.2) is 0 Å². The van der Waals surface area contributed by atoms with E-state index in [1.807, 2.05) is 0 Å². The maximum atomic E-state index is 10.6. The molecule has 0 bridgehead atoms. The summed E-state index contributed by atoms with van der Waals surface area (Å²) >= 11 is 3.56. The first-order valence-corrected chi connectivity index (χ1v) is 8.47. The molecule has 3 heteroatoms. The van der Waals surface area contributed by atoms with Gasteiger partial charge in [0.1, 0.15) is 0 Å². The van der Waals surface area contributed by atoms with E-state index < -0.39 is 0 Å². The van der Waals surface area contributed by atoms with E-state index in [0.717, 1.165) is 22.8 Å². The number of rotatable bonds is 1. The molecular formula is C19H18BrNO. The zero-order valence-electron chi connectivity index (χ0n) is 12.4. The summed E-state index contributed by atoms with van der Waals surface area (Å²) in [7, 11) is 0. The van der Waals surface area contributed by atoms with Crippen LogP contribution in [0, 0.1) is 6.92 Å². The van der Waals surface area contributed by atoms with Crippen molar-refractivity contribution in [3.63, 3.8) is 0 Å². The molecular weight excluding hydrogens is 338 g/mol. The number of halogens is 1. The second-order valence-electron chi connectivity index (χ2n) is 6.20. The lowest BCUT2D eigenvalue weighted by atomic mass is 9.80.